The first kappa shape index (κ1) is 15.7. The fourth-order valence-corrected chi connectivity index (χ4v) is 2.38. The molecule has 0 saturated carbocycles. The van der Waals surface area contributed by atoms with Crippen LogP contribution >= 0.6 is 15.9 Å². The molecular formula is C14H18BrNO3. The van der Waals surface area contributed by atoms with Crippen molar-refractivity contribution in [1.29, 1.82) is 0 Å². The molecule has 0 spiro atoms. The molecule has 0 aliphatic heterocycles. The van der Waals surface area contributed by atoms with E-state index in [1.165, 1.54) is 0 Å². The molecular weight excluding hydrogens is 310 g/mol. The van der Waals surface area contributed by atoms with Gasteiger partial charge in [0.05, 0.1) is 5.56 Å². The van der Waals surface area contributed by atoms with Crippen LogP contribution in [-0.2, 0) is 4.79 Å². The molecule has 1 aromatic carbocycles. The van der Waals surface area contributed by atoms with E-state index in [4.69, 9.17) is 5.11 Å². The molecule has 0 saturated heterocycles. The number of hydrogen-bond acceptors (Lipinski definition) is 2. The smallest absolute Gasteiger partial charge is 0.326 e. The van der Waals surface area contributed by atoms with E-state index in [0.29, 0.717) is 16.5 Å². The van der Waals surface area contributed by atoms with Crippen LogP contribution in [0.15, 0.2) is 22.7 Å². The molecule has 1 amide bonds. The highest BCUT2D eigenvalue weighted by Crippen LogP contribution is 2.18. The highest BCUT2D eigenvalue weighted by Gasteiger charge is 2.21. The van der Waals surface area contributed by atoms with Crippen molar-refractivity contribution in [1.82, 2.24) is 5.32 Å². The Balaban J connectivity index is 2.78. The lowest BCUT2D eigenvalue weighted by atomic mass is 10.1. The number of unbranched alkanes of at least 4 members (excludes halogenated alkanes) is 1. The SMILES string of the molecule is CCCCC(NC(=O)c1ccc(C)cc1Br)C(=O)O. The van der Waals surface area contributed by atoms with Gasteiger partial charge in [0, 0.05) is 4.47 Å². The number of halogens is 1. The molecule has 1 rings (SSSR count). The number of benzene rings is 1. The molecule has 0 aromatic heterocycles. The second kappa shape index (κ2) is 7.28. The van der Waals surface area contributed by atoms with Crippen LogP contribution in [0.1, 0.15) is 42.1 Å². The van der Waals surface area contributed by atoms with Crippen molar-refractivity contribution in [2.75, 3.05) is 0 Å². The van der Waals surface area contributed by atoms with E-state index in [1.807, 2.05) is 26.0 Å². The minimum atomic E-state index is -0.995. The standard InChI is InChI=1S/C14H18BrNO3/c1-3-4-5-12(14(18)19)16-13(17)10-7-6-9(2)8-11(10)15/h6-8,12H,3-5H2,1-2H3,(H,16,17)(H,18,19). The Hall–Kier alpha value is -1.36. The van der Waals surface area contributed by atoms with Crippen LogP contribution in [0, 0.1) is 6.92 Å². The molecule has 0 aliphatic carbocycles. The van der Waals surface area contributed by atoms with Crippen LogP contribution in [0.25, 0.3) is 0 Å². The number of amides is 1. The second-order valence-electron chi connectivity index (χ2n) is 4.49. The molecule has 0 aliphatic rings. The fraction of sp³-hybridized carbons (Fsp3) is 0.429. The third-order valence-electron chi connectivity index (χ3n) is 2.82. The summed E-state index contributed by atoms with van der Waals surface area (Å²) in [7, 11) is 0. The van der Waals surface area contributed by atoms with Gasteiger partial charge in [-0.2, -0.15) is 0 Å². The summed E-state index contributed by atoms with van der Waals surface area (Å²) in [6.45, 7) is 3.91. The fourth-order valence-electron chi connectivity index (χ4n) is 1.71. The van der Waals surface area contributed by atoms with Gasteiger partial charge in [0.2, 0.25) is 0 Å². The number of rotatable bonds is 6. The van der Waals surface area contributed by atoms with Crippen LogP contribution in [0.4, 0.5) is 0 Å². The summed E-state index contributed by atoms with van der Waals surface area (Å²) in [5.74, 6) is -1.36. The summed E-state index contributed by atoms with van der Waals surface area (Å²) in [4.78, 5) is 23.1. The average Bonchev–Trinajstić information content (AvgIpc) is 2.33. The quantitative estimate of drug-likeness (QED) is 0.843. The van der Waals surface area contributed by atoms with Crippen molar-refractivity contribution in [2.45, 2.75) is 39.2 Å². The maximum absolute atomic E-state index is 12.1. The minimum Gasteiger partial charge on any atom is -0.480 e. The van der Waals surface area contributed by atoms with E-state index in [-0.39, 0.29) is 5.91 Å². The van der Waals surface area contributed by atoms with E-state index in [2.05, 4.69) is 21.2 Å². The number of nitrogens with one attached hydrogen (secondary N) is 1. The summed E-state index contributed by atoms with van der Waals surface area (Å²) in [6, 6.07) is 4.51. The lowest BCUT2D eigenvalue weighted by Gasteiger charge is -2.14. The molecule has 1 aromatic rings. The van der Waals surface area contributed by atoms with Gasteiger partial charge < -0.3 is 10.4 Å². The Labute approximate surface area is 121 Å². The van der Waals surface area contributed by atoms with Gasteiger partial charge in [-0.1, -0.05) is 25.8 Å². The zero-order valence-electron chi connectivity index (χ0n) is 11.1. The normalized spacial score (nSPS) is 11.9. The van der Waals surface area contributed by atoms with Gasteiger partial charge >= 0.3 is 5.97 Å². The van der Waals surface area contributed by atoms with Crippen molar-refractivity contribution >= 4 is 27.8 Å². The first-order valence-corrected chi connectivity index (χ1v) is 7.04. The van der Waals surface area contributed by atoms with Gasteiger partial charge in [-0.3, -0.25) is 4.79 Å². The third kappa shape index (κ3) is 4.67. The third-order valence-corrected chi connectivity index (χ3v) is 3.48. The average molecular weight is 328 g/mol. The Morgan fingerprint density at radius 3 is 2.63 bits per heavy atom. The number of aliphatic carboxylic acids is 1. The molecule has 0 heterocycles. The Bertz CT molecular complexity index is 474. The zero-order valence-corrected chi connectivity index (χ0v) is 12.7. The molecule has 0 radical (unpaired) electrons. The van der Waals surface area contributed by atoms with Gasteiger partial charge in [-0.25, -0.2) is 4.79 Å². The van der Waals surface area contributed by atoms with E-state index >= 15 is 0 Å². The molecule has 1 unspecified atom stereocenters. The van der Waals surface area contributed by atoms with E-state index in [1.54, 1.807) is 6.07 Å². The topological polar surface area (TPSA) is 66.4 Å². The molecule has 1 atom stereocenters. The van der Waals surface area contributed by atoms with E-state index in [0.717, 1.165) is 18.4 Å². The number of hydrogen-bond donors (Lipinski definition) is 2. The number of carboxylic acid groups (broad SMARTS) is 1. The van der Waals surface area contributed by atoms with Gasteiger partial charge in [0.15, 0.2) is 0 Å². The van der Waals surface area contributed by atoms with Crippen LogP contribution in [0.3, 0.4) is 0 Å². The molecule has 2 N–H and O–H groups in total. The number of carbonyl (C=O) groups excluding carboxylic acids is 1. The molecule has 104 valence electrons. The number of carbonyl (C=O) groups is 2. The van der Waals surface area contributed by atoms with Gasteiger partial charge in [-0.15, -0.1) is 0 Å². The van der Waals surface area contributed by atoms with Gasteiger partial charge in [0.1, 0.15) is 6.04 Å². The van der Waals surface area contributed by atoms with Crippen molar-refractivity contribution in [3.05, 3.63) is 33.8 Å². The van der Waals surface area contributed by atoms with E-state index in [9.17, 15) is 9.59 Å². The summed E-state index contributed by atoms with van der Waals surface area (Å²) in [6.07, 6.45) is 2.11. The highest BCUT2D eigenvalue weighted by molar-refractivity contribution is 9.10. The lowest BCUT2D eigenvalue weighted by molar-refractivity contribution is -0.139. The predicted molar refractivity (Wildman–Crippen MR) is 77.3 cm³/mol. The first-order chi connectivity index (χ1) is 8.95. The Morgan fingerprint density at radius 2 is 2.11 bits per heavy atom. The van der Waals surface area contributed by atoms with Crippen molar-refractivity contribution in [3.63, 3.8) is 0 Å². The number of aryl methyl sites for hydroxylation is 1. The Morgan fingerprint density at radius 1 is 1.42 bits per heavy atom. The van der Waals surface area contributed by atoms with E-state index < -0.39 is 12.0 Å². The second-order valence-corrected chi connectivity index (χ2v) is 5.34. The highest BCUT2D eigenvalue weighted by atomic mass is 79.9. The number of carboxylic acids is 1. The van der Waals surface area contributed by atoms with Crippen molar-refractivity contribution in [2.24, 2.45) is 0 Å². The maximum atomic E-state index is 12.1. The minimum absolute atomic E-state index is 0.365. The lowest BCUT2D eigenvalue weighted by Crippen LogP contribution is -2.40. The summed E-state index contributed by atoms with van der Waals surface area (Å²) in [5, 5.41) is 11.6. The van der Waals surface area contributed by atoms with Gasteiger partial charge in [0.25, 0.3) is 5.91 Å². The van der Waals surface area contributed by atoms with Crippen molar-refractivity contribution in [3.8, 4) is 0 Å². The van der Waals surface area contributed by atoms with Gasteiger partial charge in [-0.05, 0) is 47.0 Å². The predicted octanol–water partition coefficient (Wildman–Crippen LogP) is 3.13. The molecule has 5 heteroatoms. The summed E-state index contributed by atoms with van der Waals surface area (Å²) < 4.78 is 0.671. The maximum Gasteiger partial charge on any atom is 0.326 e. The van der Waals surface area contributed by atoms with Crippen LogP contribution in [0.5, 0.6) is 0 Å². The monoisotopic (exact) mass is 327 g/mol. The summed E-state index contributed by atoms with van der Waals surface area (Å²) >= 11 is 3.32. The zero-order chi connectivity index (χ0) is 14.4. The van der Waals surface area contributed by atoms with Crippen LogP contribution in [0.2, 0.25) is 0 Å². The molecule has 19 heavy (non-hydrogen) atoms. The molecule has 4 nitrogen and oxygen atoms in total. The van der Waals surface area contributed by atoms with Crippen LogP contribution in [-0.4, -0.2) is 23.0 Å². The van der Waals surface area contributed by atoms with Crippen LogP contribution < -0.4 is 5.32 Å². The summed E-state index contributed by atoms with van der Waals surface area (Å²) in [5.41, 5.74) is 1.48. The largest absolute Gasteiger partial charge is 0.480 e. The van der Waals surface area contributed by atoms with Crippen molar-refractivity contribution < 1.29 is 14.7 Å². The molecule has 0 fully saturated rings. The Kier molecular flexibility index (Phi) is 6.02. The first-order valence-electron chi connectivity index (χ1n) is 6.25. The molecule has 0 bridgehead atoms.